The highest BCUT2D eigenvalue weighted by molar-refractivity contribution is 5.88. The van der Waals surface area contributed by atoms with Gasteiger partial charge in [0.05, 0.1) is 20.3 Å². The molecule has 0 amide bonds. The Hall–Kier alpha value is -3.55. The molecule has 1 fully saturated rings. The third-order valence-corrected chi connectivity index (χ3v) is 5.90. The van der Waals surface area contributed by atoms with Gasteiger partial charge in [-0.3, -0.25) is 4.79 Å². The highest BCUT2D eigenvalue weighted by Gasteiger charge is 2.44. The third kappa shape index (κ3) is 5.02. The molecule has 2 unspecified atom stereocenters. The number of aromatic hydroxyl groups is 2. The van der Waals surface area contributed by atoms with Gasteiger partial charge in [-0.1, -0.05) is 6.92 Å². The minimum Gasteiger partial charge on any atom is -0.504 e. The normalized spacial score (nSPS) is 23.7. The number of methoxy groups -OCH3 is 1. The first-order valence-electron chi connectivity index (χ1n) is 11.5. The predicted molar refractivity (Wildman–Crippen MR) is 128 cm³/mol. The first-order chi connectivity index (χ1) is 17.7. The summed E-state index contributed by atoms with van der Waals surface area (Å²) < 4.78 is 28.2. The molecule has 0 aliphatic carbocycles. The van der Waals surface area contributed by atoms with E-state index in [4.69, 9.17) is 23.4 Å². The second-order valence-electron chi connectivity index (χ2n) is 8.46. The molecule has 6 N–H and O–H groups in total. The van der Waals surface area contributed by atoms with E-state index in [9.17, 15) is 35.4 Å². The lowest BCUT2D eigenvalue weighted by molar-refractivity contribution is -0.277. The summed E-state index contributed by atoms with van der Waals surface area (Å²) in [6, 6.07) is 6.55. The van der Waals surface area contributed by atoms with Crippen molar-refractivity contribution >= 4 is 11.0 Å². The molecule has 3 aromatic rings. The Morgan fingerprint density at radius 2 is 1.76 bits per heavy atom. The Balaban J connectivity index is 1.84. The van der Waals surface area contributed by atoms with Crippen LogP contribution in [0.3, 0.4) is 0 Å². The molecule has 2 aromatic carbocycles. The zero-order chi connectivity index (χ0) is 26.9. The van der Waals surface area contributed by atoms with Crippen molar-refractivity contribution in [2.24, 2.45) is 0 Å². The van der Waals surface area contributed by atoms with E-state index in [2.05, 4.69) is 0 Å². The molecule has 0 bridgehead atoms. The monoisotopic (exact) mass is 520 g/mol. The lowest BCUT2D eigenvalue weighted by atomic mass is 9.99. The molecule has 37 heavy (non-hydrogen) atoms. The molecule has 5 atom stereocenters. The second kappa shape index (κ2) is 10.8. The fraction of sp³-hybridized carbons (Fsp3) is 0.400. The van der Waals surface area contributed by atoms with Gasteiger partial charge >= 0.3 is 0 Å². The topological polar surface area (TPSA) is 189 Å². The number of rotatable bonds is 8. The van der Waals surface area contributed by atoms with Gasteiger partial charge in [-0.15, -0.1) is 0 Å². The van der Waals surface area contributed by atoms with Crippen LogP contribution in [0.5, 0.6) is 28.7 Å². The predicted octanol–water partition coefficient (Wildman–Crippen LogP) is 0.847. The molecule has 1 aliphatic heterocycles. The number of aliphatic hydroxyl groups excluding tert-OH is 4. The number of aliphatic hydroxyl groups is 4. The number of ether oxygens (including phenoxy) is 4. The second-order valence-corrected chi connectivity index (χ2v) is 8.46. The lowest BCUT2D eigenvalue weighted by Gasteiger charge is -2.39. The minimum atomic E-state index is -1.66. The summed E-state index contributed by atoms with van der Waals surface area (Å²) in [7, 11) is 1.32. The van der Waals surface area contributed by atoms with Gasteiger partial charge < -0.3 is 54.0 Å². The standard InChI is InChI=1S/C25H28O12/c1-3-6-34-24-20(30)18-15(33-2)8-12(35-25-22(32)21(31)19(29)17(10-26)37-25)9-16(18)36-23(24)11-4-5-13(27)14(28)7-11/h4-5,7-9,17,19,21-22,25-29,31-32H,3,6,10H2,1-2H3/t17?,19-,21?,22+,25-/m1/s1. The zero-order valence-electron chi connectivity index (χ0n) is 20.0. The van der Waals surface area contributed by atoms with Crippen LogP contribution in [-0.4, -0.2) is 81.7 Å². The van der Waals surface area contributed by atoms with Crippen molar-refractivity contribution in [3.8, 4) is 40.1 Å². The number of hydrogen-bond acceptors (Lipinski definition) is 12. The van der Waals surface area contributed by atoms with Crippen molar-refractivity contribution in [2.45, 2.75) is 44.1 Å². The number of phenols is 2. The molecule has 1 aromatic heterocycles. The highest BCUT2D eigenvalue weighted by Crippen LogP contribution is 2.39. The summed E-state index contributed by atoms with van der Waals surface area (Å²) in [6.07, 6.45) is -6.94. The Morgan fingerprint density at radius 3 is 2.41 bits per heavy atom. The number of benzene rings is 2. The van der Waals surface area contributed by atoms with Gasteiger partial charge in [-0.2, -0.15) is 0 Å². The summed E-state index contributed by atoms with van der Waals surface area (Å²) in [6.45, 7) is 1.43. The average Bonchev–Trinajstić information content (AvgIpc) is 2.89. The summed E-state index contributed by atoms with van der Waals surface area (Å²) in [4.78, 5) is 13.5. The smallest absolute Gasteiger partial charge is 0.239 e. The Labute approximate surface area is 210 Å². The van der Waals surface area contributed by atoms with Crippen LogP contribution in [0.2, 0.25) is 0 Å². The molecule has 2 heterocycles. The molecular weight excluding hydrogens is 492 g/mol. The average molecular weight is 520 g/mol. The quantitative estimate of drug-likeness (QED) is 0.230. The largest absolute Gasteiger partial charge is 0.504 e. The van der Waals surface area contributed by atoms with Gasteiger partial charge in [-0.25, -0.2) is 0 Å². The van der Waals surface area contributed by atoms with E-state index in [1.54, 1.807) is 0 Å². The molecule has 200 valence electrons. The molecule has 4 rings (SSSR count). The summed E-state index contributed by atoms with van der Waals surface area (Å²) in [5, 5.41) is 59.5. The first kappa shape index (κ1) is 26.5. The van der Waals surface area contributed by atoms with Crippen molar-refractivity contribution in [3.05, 3.63) is 40.6 Å². The van der Waals surface area contributed by atoms with Gasteiger partial charge in [0.25, 0.3) is 0 Å². The molecule has 1 saturated heterocycles. The Kier molecular flexibility index (Phi) is 7.76. The molecule has 0 spiro atoms. The van der Waals surface area contributed by atoms with Crippen molar-refractivity contribution in [1.29, 1.82) is 0 Å². The van der Waals surface area contributed by atoms with Gasteiger partial charge in [0.2, 0.25) is 17.5 Å². The molecule has 12 nitrogen and oxygen atoms in total. The fourth-order valence-electron chi connectivity index (χ4n) is 3.96. The van der Waals surface area contributed by atoms with Crippen molar-refractivity contribution in [3.63, 3.8) is 0 Å². The van der Waals surface area contributed by atoms with Crippen LogP contribution in [0.25, 0.3) is 22.3 Å². The highest BCUT2D eigenvalue weighted by atomic mass is 16.7. The fourth-order valence-corrected chi connectivity index (χ4v) is 3.96. The number of phenolic OH excluding ortho intramolecular Hbond substituents is 2. The zero-order valence-corrected chi connectivity index (χ0v) is 20.0. The van der Waals surface area contributed by atoms with Crippen LogP contribution >= 0.6 is 0 Å². The summed E-state index contributed by atoms with van der Waals surface area (Å²) in [5.41, 5.74) is -0.316. The third-order valence-electron chi connectivity index (χ3n) is 5.90. The maximum Gasteiger partial charge on any atom is 0.239 e. The molecular formula is C25H28O12. The maximum atomic E-state index is 13.5. The van der Waals surface area contributed by atoms with E-state index in [1.165, 1.54) is 37.4 Å². The van der Waals surface area contributed by atoms with Gasteiger partial charge in [0, 0.05) is 17.7 Å². The molecule has 12 heteroatoms. The minimum absolute atomic E-state index is 0.00430. The van der Waals surface area contributed by atoms with E-state index < -0.39 is 48.5 Å². The Bertz CT molecular complexity index is 1320. The lowest BCUT2D eigenvalue weighted by Crippen LogP contribution is -2.60. The van der Waals surface area contributed by atoms with E-state index in [-0.39, 0.29) is 51.9 Å². The Morgan fingerprint density at radius 1 is 1.00 bits per heavy atom. The van der Waals surface area contributed by atoms with Crippen molar-refractivity contribution < 1.29 is 54.0 Å². The van der Waals surface area contributed by atoms with E-state index >= 15 is 0 Å². The van der Waals surface area contributed by atoms with Gasteiger partial charge in [0.1, 0.15) is 46.9 Å². The van der Waals surface area contributed by atoms with E-state index in [0.717, 1.165) is 0 Å². The maximum absolute atomic E-state index is 13.5. The van der Waals surface area contributed by atoms with Gasteiger partial charge in [-0.05, 0) is 24.6 Å². The van der Waals surface area contributed by atoms with Crippen molar-refractivity contribution in [2.75, 3.05) is 20.3 Å². The molecule has 1 aliphatic rings. The van der Waals surface area contributed by atoms with Crippen LogP contribution in [0, 0.1) is 0 Å². The number of fused-ring (bicyclic) bond motifs is 1. The SMILES string of the molecule is CCCOc1c(-c2ccc(O)c(O)c2)oc2cc(O[C@@H]3OC(CO)[C@@H](O)C(O)[C@@H]3O)cc(OC)c2c1=O. The van der Waals surface area contributed by atoms with Crippen LogP contribution in [0.15, 0.2) is 39.5 Å². The first-order valence-corrected chi connectivity index (χ1v) is 11.5. The van der Waals surface area contributed by atoms with Crippen LogP contribution < -0.4 is 19.6 Å². The van der Waals surface area contributed by atoms with E-state index in [1.807, 2.05) is 6.92 Å². The summed E-state index contributed by atoms with van der Waals surface area (Å²) >= 11 is 0. The van der Waals surface area contributed by atoms with Crippen LogP contribution in [0.1, 0.15) is 13.3 Å². The van der Waals surface area contributed by atoms with E-state index in [0.29, 0.717) is 6.42 Å². The van der Waals surface area contributed by atoms with Crippen LogP contribution in [0.4, 0.5) is 0 Å². The van der Waals surface area contributed by atoms with Crippen molar-refractivity contribution in [1.82, 2.24) is 0 Å². The molecule has 0 saturated carbocycles. The number of hydrogen-bond donors (Lipinski definition) is 6. The van der Waals surface area contributed by atoms with Gasteiger partial charge in [0.15, 0.2) is 17.3 Å². The summed E-state index contributed by atoms with van der Waals surface area (Å²) in [5.74, 6) is -0.877. The van der Waals surface area contributed by atoms with Crippen LogP contribution in [-0.2, 0) is 4.74 Å². The molecule has 0 radical (unpaired) electrons.